The van der Waals surface area contributed by atoms with Crippen LogP contribution in [0.1, 0.15) is 46.1 Å². The van der Waals surface area contributed by atoms with Crippen molar-refractivity contribution in [1.29, 1.82) is 0 Å². The van der Waals surface area contributed by atoms with Crippen molar-refractivity contribution >= 4 is 5.78 Å². The van der Waals surface area contributed by atoms with Gasteiger partial charge in [-0.3, -0.25) is 4.79 Å². The quantitative estimate of drug-likeness (QED) is 0.659. The lowest BCUT2D eigenvalue weighted by Gasteiger charge is -2.10. The fourth-order valence-electron chi connectivity index (χ4n) is 2.41. The number of ketones is 1. The Bertz CT molecular complexity index is 710. The van der Waals surface area contributed by atoms with Gasteiger partial charge in [0.05, 0.1) is 11.3 Å². The molecular weight excluding hydrogens is 292 g/mol. The molecule has 0 saturated carbocycles. The lowest BCUT2D eigenvalue weighted by Crippen LogP contribution is -2.08. The van der Waals surface area contributed by atoms with Crippen molar-refractivity contribution in [3.05, 3.63) is 57.9 Å². The number of carbonyl (C=O) groups excluding carboxylic acids is 1. The van der Waals surface area contributed by atoms with Crippen molar-refractivity contribution in [2.24, 2.45) is 0 Å². The Hall–Kier alpha value is -2.05. The molecule has 4 nitrogen and oxygen atoms in total. The number of ether oxygens (including phenoxy) is 1. The number of rotatable bonds is 5. The van der Waals surface area contributed by atoms with Gasteiger partial charge in [0.15, 0.2) is 12.1 Å². The van der Waals surface area contributed by atoms with Crippen LogP contribution in [0.5, 0.6) is 0 Å². The molecule has 2 N–H and O–H groups in total. The molecule has 1 atom stereocenters. The van der Waals surface area contributed by atoms with E-state index in [-0.39, 0.29) is 11.1 Å². The topological polar surface area (TPSA) is 62.3 Å². The van der Waals surface area contributed by atoms with Gasteiger partial charge in [-0.2, -0.15) is 0 Å². The van der Waals surface area contributed by atoms with Gasteiger partial charge in [-0.05, 0) is 44.5 Å². The fraction of sp³-hybridized carbons (Fsp3) is 0.312. The van der Waals surface area contributed by atoms with E-state index in [0.717, 1.165) is 18.2 Å². The van der Waals surface area contributed by atoms with Gasteiger partial charge in [-0.15, -0.1) is 0 Å². The standard InChI is InChI=1S/C16H17F2NO3/c1-4-22-16(21)14-8(2)13(9(3)19-14)15(20)11-7-10(17)5-6-12(11)18/h5-7,16,19,21H,4H2,1-3H3. The fourth-order valence-corrected chi connectivity index (χ4v) is 2.41. The van der Waals surface area contributed by atoms with Gasteiger partial charge in [0.1, 0.15) is 11.6 Å². The molecule has 0 saturated heterocycles. The third kappa shape index (κ3) is 2.93. The first-order valence-electron chi connectivity index (χ1n) is 6.85. The number of aromatic nitrogens is 1. The summed E-state index contributed by atoms with van der Waals surface area (Å²) in [5.74, 6) is -2.12. The van der Waals surface area contributed by atoms with Crippen LogP contribution in [0.2, 0.25) is 0 Å². The summed E-state index contributed by atoms with van der Waals surface area (Å²) in [7, 11) is 0. The predicted molar refractivity (Wildman–Crippen MR) is 76.6 cm³/mol. The van der Waals surface area contributed by atoms with Crippen LogP contribution in [0.3, 0.4) is 0 Å². The third-order valence-electron chi connectivity index (χ3n) is 3.45. The van der Waals surface area contributed by atoms with E-state index in [1.54, 1.807) is 20.8 Å². The molecule has 1 aromatic heterocycles. The van der Waals surface area contributed by atoms with E-state index in [0.29, 0.717) is 23.6 Å². The highest BCUT2D eigenvalue weighted by atomic mass is 19.1. The Labute approximate surface area is 126 Å². The van der Waals surface area contributed by atoms with Crippen LogP contribution in [-0.4, -0.2) is 22.5 Å². The van der Waals surface area contributed by atoms with Crippen LogP contribution < -0.4 is 0 Å². The average Bonchev–Trinajstić information content (AvgIpc) is 2.76. The Kier molecular flexibility index (Phi) is 4.73. The first kappa shape index (κ1) is 16.3. The molecule has 0 spiro atoms. The van der Waals surface area contributed by atoms with E-state index in [4.69, 9.17) is 4.74 Å². The number of halogens is 2. The summed E-state index contributed by atoms with van der Waals surface area (Å²) in [4.78, 5) is 15.4. The molecule has 0 aliphatic rings. The summed E-state index contributed by atoms with van der Waals surface area (Å²) in [6.45, 7) is 5.26. The van der Waals surface area contributed by atoms with Crippen molar-refractivity contribution in [1.82, 2.24) is 4.98 Å². The highest BCUT2D eigenvalue weighted by molar-refractivity contribution is 6.11. The molecular formula is C16H17F2NO3. The van der Waals surface area contributed by atoms with Gasteiger partial charge in [0, 0.05) is 17.9 Å². The van der Waals surface area contributed by atoms with Gasteiger partial charge >= 0.3 is 0 Å². The van der Waals surface area contributed by atoms with Crippen LogP contribution in [0.25, 0.3) is 0 Å². The van der Waals surface area contributed by atoms with Crippen LogP contribution in [0, 0.1) is 25.5 Å². The molecule has 0 amide bonds. The highest BCUT2D eigenvalue weighted by Gasteiger charge is 2.25. The molecule has 118 valence electrons. The van der Waals surface area contributed by atoms with E-state index < -0.39 is 23.7 Å². The summed E-state index contributed by atoms with van der Waals surface area (Å²) in [6, 6.07) is 2.73. The number of aryl methyl sites for hydroxylation is 1. The molecule has 6 heteroatoms. The molecule has 0 radical (unpaired) electrons. The second kappa shape index (κ2) is 6.37. The van der Waals surface area contributed by atoms with E-state index in [1.165, 1.54) is 0 Å². The maximum atomic E-state index is 13.8. The number of nitrogens with one attached hydrogen (secondary N) is 1. The zero-order valence-electron chi connectivity index (χ0n) is 12.5. The minimum Gasteiger partial charge on any atom is -0.363 e. The first-order valence-corrected chi connectivity index (χ1v) is 6.85. The van der Waals surface area contributed by atoms with E-state index >= 15 is 0 Å². The Morgan fingerprint density at radius 3 is 2.68 bits per heavy atom. The highest BCUT2D eigenvalue weighted by Crippen LogP contribution is 2.27. The summed E-state index contributed by atoms with van der Waals surface area (Å²) in [6.07, 6.45) is -1.21. The number of hydrogen-bond acceptors (Lipinski definition) is 3. The molecule has 1 unspecified atom stereocenters. The Morgan fingerprint density at radius 1 is 1.36 bits per heavy atom. The van der Waals surface area contributed by atoms with Crippen molar-refractivity contribution in [2.75, 3.05) is 6.61 Å². The van der Waals surface area contributed by atoms with Crippen molar-refractivity contribution in [3.8, 4) is 0 Å². The van der Waals surface area contributed by atoms with E-state index in [1.807, 2.05) is 0 Å². The minimum atomic E-state index is -1.21. The van der Waals surface area contributed by atoms with E-state index in [9.17, 15) is 18.7 Å². The van der Waals surface area contributed by atoms with Gasteiger partial charge < -0.3 is 14.8 Å². The number of hydrogen-bond donors (Lipinski definition) is 2. The first-order chi connectivity index (χ1) is 10.4. The lowest BCUT2D eigenvalue weighted by atomic mass is 9.99. The monoisotopic (exact) mass is 309 g/mol. The maximum Gasteiger partial charge on any atom is 0.198 e. The minimum absolute atomic E-state index is 0.207. The molecule has 22 heavy (non-hydrogen) atoms. The smallest absolute Gasteiger partial charge is 0.198 e. The SMILES string of the molecule is CCOC(O)c1[nH]c(C)c(C(=O)c2cc(F)ccc2F)c1C. The number of aliphatic hydroxyl groups is 1. The molecule has 2 rings (SSSR count). The number of aliphatic hydroxyl groups excluding tert-OH is 1. The zero-order valence-corrected chi connectivity index (χ0v) is 12.5. The van der Waals surface area contributed by atoms with Gasteiger partial charge in [0.2, 0.25) is 0 Å². The van der Waals surface area contributed by atoms with E-state index in [2.05, 4.69) is 4.98 Å². The maximum absolute atomic E-state index is 13.8. The molecule has 0 aliphatic heterocycles. The molecule has 1 aromatic carbocycles. The largest absolute Gasteiger partial charge is 0.363 e. The zero-order chi connectivity index (χ0) is 16.4. The predicted octanol–water partition coefficient (Wildman–Crippen LogP) is 3.17. The number of aromatic amines is 1. The van der Waals surface area contributed by atoms with Gasteiger partial charge in [-0.1, -0.05) is 0 Å². The Balaban J connectivity index is 2.49. The van der Waals surface area contributed by atoms with Crippen LogP contribution >= 0.6 is 0 Å². The van der Waals surface area contributed by atoms with Crippen LogP contribution in [0.4, 0.5) is 8.78 Å². The van der Waals surface area contributed by atoms with Gasteiger partial charge in [-0.25, -0.2) is 8.78 Å². The van der Waals surface area contributed by atoms with Crippen LogP contribution in [-0.2, 0) is 4.74 Å². The molecule has 0 fully saturated rings. The Morgan fingerprint density at radius 2 is 2.05 bits per heavy atom. The van der Waals surface area contributed by atoms with Crippen LogP contribution in [0.15, 0.2) is 18.2 Å². The second-order valence-electron chi connectivity index (χ2n) is 4.92. The number of benzene rings is 1. The summed E-state index contributed by atoms with van der Waals surface area (Å²) < 4.78 is 32.1. The second-order valence-corrected chi connectivity index (χ2v) is 4.92. The summed E-state index contributed by atoms with van der Waals surface area (Å²) >= 11 is 0. The van der Waals surface area contributed by atoms with Gasteiger partial charge in [0.25, 0.3) is 0 Å². The lowest BCUT2D eigenvalue weighted by molar-refractivity contribution is -0.101. The summed E-state index contributed by atoms with van der Waals surface area (Å²) in [5.41, 5.74) is 1.10. The molecule has 0 bridgehead atoms. The normalized spacial score (nSPS) is 12.5. The van der Waals surface area contributed by atoms with Crippen molar-refractivity contribution in [3.63, 3.8) is 0 Å². The third-order valence-corrected chi connectivity index (χ3v) is 3.45. The summed E-state index contributed by atoms with van der Waals surface area (Å²) in [5, 5.41) is 9.89. The number of carbonyl (C=O) groups is 1. The average molecular weight is 309 g/mol. The molecule has 2 aromatic rings. The van der Waals surface area contributed by atoms with Crippen molar-refractivity contribution in [2.45, 2.75) is 27.1 Å². The molecule has 0 aliphatic carbocycles. The van der Waals surface area contributed by atoms with Crippen molar-refractivity contribution < 1.29 is 23.4 Å². The molecule has 1 heterocycles. The number of H-pyrrole nitrogens is 1.